The minimum absolute atomic E-state index is 0.00789. The zero-order chi connectivity index (χ0) is 23.1. The first kappa shape index (κ1) is 24.1. The Kier molecular flexibility index (Phi) is 8.16. The number of amides is 1. The van der Waals surface area contributed by atoms with Gasteiger partial charge in [0, 0.05) is 23.5 Å². The van der Waals surface area contributed by atoms with Crippen molar-refractivity contribution in [2.75, 3.05) is 19.7 Å². The molecule has 1 aliphatic rings. The Hall–Kier alpha value is -2.56. The number of hydrogen-bond acceptors (Lipinski definition) is 7. The quantitative estimate of drug-likeness (QED) is 0.438. The number of sulfonamides is 1. The van der Waals surface area contributed by atoms with Crippen LogP contribution in [0.15, 0.2) is 46.7 Å². The van der Waals surface area contributed by atoms with Crippen LogP contribution in [0, 0.1) is 0 Å². The molecular formula is C22H26N2O6S2. The second-order valence-corrected chi connectivity index (χ2v) is 10.4. The van der Waals surface area contributed by atoms with Gasteiger partial charge in [0.15, 0.2) is 12.4 Å². The number of piperidine rings is 1. The van der Waals surface area contributed by atoms with Crippen LogP contribution in [0.5, 0.6) is 0 Å². The Morgan fingerprint density at radius 3 is 2.56 bits per heavy atom. The van der Waals surface area contributed by atoms with Crippen LogP contribution in [0.3, 0.4) is 0 Å². The van der Waals surface area contributed by atoms with Crippen molar-refractivity contribution in [2.45, 2.75) is 43.5 Å². The minimum Gasteiger partial charge on any atom is -0.454 e. The first-order valence-corrected chi connectivity index (χ1v) is 12.7. The van der Waals surface area contributed by atoms with E-state index in [1.54, 1.807) is 11.3 Å². The Morgan fingerprint density at radius 1 is 1.16 bits per heavy atom. The molecule has 1 aliphatic heterocycles. The number of hydrogen-bond donors (Lipinski definition) is 1. The summed E-state index contributed by atoms with van der Waals surface area (Å²) >= 11 is 1.60. The molecule has 3 rings (SSSR count). The molecule has 1 amide bonds. The summed E-state index contributed by atoms with van der Waals surface area (Å²) in [6, 6.07) is 8.56. The standard InChI is InChI=1S/C22H26N2O6S2/c1-16(25)17-7-9-19(10-8-17)32(28,29)24-13-3-2-6-20(24)22(27)30-15-21(26)23-12-11-18-5-4-14-31-18/h4-5,7-10,14,20H,2-3,6,11-13,15H2,1H3,(H,23,26). The number of ether oxygens (including phenoxy) is 1. The molecule has 0 bridgehead atoms. The highest BCUT2D eigenvalue weighted by atomic mass is 32.2. The van der Waals surface area contributed by atoms with E-state index in [2.05, 4.69) is 5.32 Å². The normalized spacial score (nSPS) is 17.0. The number of rotatable bonds is 9. The number of esters is 1. The van der Waals surface area contributed by atoms with Gasteiger partial charge in [0.25, 0.3) is 5.91 Å². The summed E-state index contributed by atoms with van der Waals surface area (Å²) in [6.07, 6.45) is 2.32. The molecule has 8 nitrogen and oxygen atoms in total. The lowest BCUT2D eigenvalue weighted by atomic mass is 10.1. The Labute approximate surface area is 191 Å². The van der Waals surface area contributed by atoms with E-state index in [4.69, 9.17) is 4.74 Å². The molecule has 172 valence electrons. The largest absolute Gasteiger partial charge is 0.454 e. The fraction of sp³-hybridized carbons (Fsp3) is 0.409. The zero-order valence-corrected chi connectivity index (χ0v) is 19.4. The number of carbonyl (C=O) groups is 3. The first-order valence-electron chi connectivity index (χ1n) is 10.4. The molecule has 0 saturated carbocycles. The summed E-state index contributed by atoms with van der Waals surface area (Å²) in [5.74, 6) is -1.33. The monoisotopic (exact) mass is 478 g/mol. The molecule has 1 unspecified atom stereocenters. The molecule has 1 saturated heterocycles. The Morgan fingerprint density at radius 2 is 1.91 bits per heavy atom. The number of thiophene rings is 1. The Balaban J connectivity index is 1.59. The van der Waals surface area contributed by atoms with Crippen LogP contribution in [0.4, 0.5) is 0 Å². The smallest absolute Gasteiger partial charge is 0.324 e. The van der Waals surface area contributed by atoms with E-state index in [0.29, 0.717) is 37.8 Å². The summed E-state index contributed by atoms with van der Waals surface area (Å²) in [4.78, 5) is 37.2. The van der Waals surface area contributed by atoms with Crippen molar-refractivity contribution in [3.63, 3.8) is 0 Å². The van der Waals surface area contributed by atoms with Crippen LogP contribution in [-0.4, -0.2) is 56.1 Å². The van der Waals surface area contributed by atoms with Crippen molar-refractivity contribution in [1.29, 1.82) is 0 Å². The maximum Gasteiger partial charge on any atom is 0.324 e. The summed E-state index contributed by atoms with van der Waals surface area (Å²) in [5, 5.41) is 4.65. The molecule has 1 atom stereocenters. The average Bonchev–Trinajstić information content (AvgIpc) is 3.31. The Bertz CT molecular complexity index is 1050. The summed E-state index contributed by atoms with van der Waals surface area (Å²) < 4.78 is 32.5. The summed E-state index contributed by atoms with van der Waals surface area (Å²) in [5.41, 5.74) is 0.406. The number of carbonyl (C=O) groups excluding carboxylic acids is 3. The van der Waals surface area contributed by atoms with Gasteiger partial charge in [0.05, 0.1) is 4.90 Å². The topological polar surface area (TPSA) is 110 Å². The van der Waals surface area contributed by atoms with Crippen LogP contribution >= 0.6 is 11.3 Å². The minimum atomic E-state index is -3.95. The van der Waals surface area contributed by atoms with Crippen molar-refractivity contribution < 1.29 is 27.5 Å². The maximum atomic E-state index is 13.1. The predicted molar refractivity (Wildman–Crippen MR) is 120 cm³/mol. The molecule has 2 aromatic rings. The molecule has 0 aliphatic carbocycles. The molecule has 1 N–H and O–H groups in total. The molecule has 32 heavy (non-hydrogen) atoms. The molecule has 0 spiro atoms. The highest BCUT2D eigenvalue weighted by Gasteiger charge is 2.38. The van der Waals surface area contributed by atoms with Gasteiger partial charge in [0.1, 0.15) is 6.04 Å². The maximum absolute atomic E-state index is 13.1. The number of nitrogens with one attached hydrogen (secondary N) is 1. The van der Waals surface area contributed by atoms with Crippen LogP contribution in [0.1, 0.15) is 41.4 Å². The lowest BCUT2D eigenvalue weighted by Gasteiger charge is -2.33. The molecule has 2 heterocycles. The van der Waals surface area contributed by atoms with E-state index >= 15 is 0 Å². The van der Waals surface area contributed by atoms with Crippen LogP contribution in [0.2, 0.25) is 0 Å². The van der Waals surface area contributed by atoms with Gasteiger partial charge >= 0.3 is 5.97 Å². The highest BCUT2D eigenvalue weighted by Crippen LogP contribution is 2.26. The van der Waals surface area contributed by atoms with Crippen molar-refractivity contribution in [3.05, 3.63) is 52.2 Å². The lowest BCUT2D eigenvalue weighted by molar-refractivity contribution is -0.153. The van der Waals surface area contributed by atoms with Crippen LogP contribution in [0.25, 0.3) is 0 Å². The van der Waals surface area contributed by atoms with Gasteiger partial charge in [-0.2, -0.15) is 4.31 Å². The molecule has 10 heteroatoms. The molecule has 1 aromatic carbocycles. The second-order valence-electron chi connectivity index (χ2n) is 7.49. The molecule has 0 radical (unpaired) electrons. The van der Waals surface area contributed by atoms with Gasteiger partial charge in [-0.1, -0.05) is 18.2 Å². The van der Waals surface area contributed by atoms with Crippen molar-refractivity contribution >= 4 is 39.0 Å². The van der Waals surface area contributed by atoms with E-state index in [1.165, 1.54) is 31.2 Å². The van der Waals surface area contributed by atoms with Gasteiger partial charge in [-0.05, 0) is 56.2 Å². The molecule has 1 aromatic heterocycles. The van der Waals surface area contributed by atoms with Gasteiger partial charge in [-0.3, -0.25) is 14.4 Å². The van der Waals surface area contributed by atoms with Gasteiger partial charge in [-0.25, -0.2) is 8.42 Å². The molecular weight excluding hydrogens is 452 g/mol. The van der Waals surface area contributed by atoms with E-state index < -0.39 is 34.5 Å². The van der Waals surface area contributed by atoms with Crippen molar-refractivity contribution in [3.8, 4) is 0 Å². The van der Waals surface area contributed by atoms with E-state index in [1.807, 2.05) is 17.5 Å². The third-order valence-electron chi connectivity index (χ3n) is 5.21. The highest BCUT2D eigenvalue weighted by molar-refractivity contribution is 7.89. The lowest BCUT2D eigenvalue weighted by Crippen LogP contribution is -2.49. The number of nitrogens with zero attached hydrogens (tertiary/aromatic N) is 1. The predicted octanol–water partition coefficient (Wildman–Crippen LogP) is 2.40. The van der Waals surface area contributed by atoms with Crippen LogP contribution in [-0.2, 0) is 30.8 Å². The van der Waals surface area contributed by atoms with Gasteiger partial charge < -0.3 is 10.1 Å². The fourth-order valence-electron chi connectivity index (χ4n) is 3.49. The van der Waals surface area contributed by atoms with Crippen LogP contribution < -0.4 is 5.32 Å². The molecule has 1 fully saturated rings. The van der Waals surface area contributed by atoms with Crippen molar-refractivity contribution in [1.82, 2.24) is 9.62 Å². The zero-order valence-electron chi connectivity index (χ0n) is 17.8. The van der Waals surface area contributed by atoms with E-state index in [-0.39, 0.29) is 17.2 Å². The number of benzene rings is 1. The van der Waals surface area contributed by atoms with Crippen molar-refractivity contribution in [2.24, 2.45) is 0 Å². The SMILES string of the molecule is CC(=O)c1ccc(S(=O)(=O)N2CCCCC2C(=O)OCC(=O)NCCc2cccs2)cc1. The summed E-state index contributed by atoms with van der Waals surface area (Å²) in [7, 11) is -3.95. The van der Waals surface area contributed by atoms with Gasteiger partial charge in [0.2, 0.25) is 10.0 Å². The third-order valence-corrected chi connectivity index (χ3v) is 8.07. The fourth-order valence-corrected chi connectivity index (χ4v) is 5.84. The first-order chi connectivity index (χ1) is 15.3. The van der Waals surface area contributed by atoms with E-state index in [0.717, 1.165) is 9.18 Å². The second kappa shape index (κ2) is 10.8. The number of ketones is 1. The van der Waals surface area contributed by atoms with E-state index in [9.17, 15) is 22.8 Å². The number of Topliss-reactive ketones (excluding diaryl/α,β-unsaturated/α-hetero) is 1. The van der Waals surface area contributed by atoms with Gasteiger partial charge in [-0.15, -0.1) is 11.3 Å². The summed E-state index contributed by atoms with van der Waals surface area (Å²) in [6.45, 7) is 1.56. The third kappa shape index (κ3) is 6.02. The average molecular weight is 479 g/mol.